The Labute approximate surface area is 167 Å². The summed E-state index contributed by atoms with van der Waals surface area (Å²) in [5, 5.41) is 11.0. The normalized spacial score (nSPS) is 20.4. The molecule has 1 aliphatic heterocycles. The van der Waals surface area contributed by atoms with Crippen LogP contribution in [0, 0.1) is 17.1 Å². The zero-order valence-electron chi connectivity index (χ0n) is 15.2. The maximum atomic E-state index is 14.6. The van der Waals surface area contributed by atoms with E-state index in [0.717, 1.165) is 12.3 Å². The van der Waals surface area contributed by atoms with Crippen molar-refractivity contribution in [2.45, 2.75) is 30.7 Å². The Kier molecular flexibility index (Phi) is 5.43. The number of aromatic nitrogens is 1. The van der Waals surface area contributed by atoms with Crippen molar-refractivity contribution in [2.75, 3.05) is 5.32 Å². The summed E-state index contributed by atoms with van der Waals surface area (Å²) >= 11 is 0. The second-order valence-corrected chi connectivity index (χ2v) is 6.57. The first-order chi connectivity index (χ1) is 14.1. The lowest BCUT2D eigenvalue weighted by Crippen LogP contribution is -2.54. The quantitative estimate of drug-likeness (QED) is 0.734. The monoisotopic (exact) mass is 423 g/mol. The van der Waals surface area contributed by atoms with E-state index in [1.165, 1.54) is 12.1 Å². The number of carbonyl (C=O) groups is 1. The average Bonchev–Trinajstić information content (AvgIpc) is 2.71. The van der Waals surface area contributed by atoms with Gasteiger partial charge in [-0.25, -0.2) is 31.9 Å². The van der Waals surface area contributed by atoms with Gasteiger partial charge in [0.1, 0.15) is 17.6 Å². The van der Waals surface area contributed by atoms with Crippen molar-refractivity contribution in [1.82, 2.24) is 4.98 Å². The van der Waals surface area contributed by atoms with Crippen molar-refractivity contribution in [3.05, 3.63) is 59.2 Å². The number of nitrogens with two attached hydrogens (primary N) is 1. The third-order valence-corrected chi connectivity index (χ3v) is 4.65. The number of hydrogen-bond donors (Lipinski definition) is 2. The summed E-state index contributed by atoms with van der Waals surface area (Å²) < 4.78 is 71.5. The van der Waals surface area contributed by atoms with Gasteiger partial charge in [-0.05, 0) is 30.3 Å². The van der Waals surface area contributed by atoms with Crippen molar-refractivity contribution in [1.29, 1.82) is 5.26 Å². The molecule has 1 amide bonds. The lowest BCUT2D eigenvalue weighted by Gasteiger charge is -2.40. The van der Waals surface area contributed by atoms with Crippen molar-refractivity contribution < 1.29 is 26.7 Å². The SMILES string of the molecule is N#Cc1ccc(C(=O)Nc2ccc(F)c(C3(C(F)F)N=C(N)CCC3(F)F)c2)nc1. The Morgan fingerprint density at radius 2 is 2.00 bits per heavy atom. The smallest absolute Gasteiger partial charge is 0.283 e. The van der Waals surface area contributed by atoms with Gasteiger partial charge in [0.15, 0.2) is 0 Å². The predicted molar refractivity (Wildman–Crippen MR) is 96.8 cm³/mol. The maximum Gasteiger partial charge on any atom is 0.283 e. The summed E-state index contributed by atoms with van der Waals surface area (Å²) in [5.74, 6) is -6.69. The fourth-order valence-electron chi connectivity index (χ4n) is 3.11. The van der Waals surface area contributed by atoms with Crippen LogP contribution in [-0.4, -0.2) is 29.1 Å². The van der Waals surface area contributed by atoms with Gasteiger partial charge in [-0.15, -0.1) is 0 Å². The van der Waals surface area contributed by atoms with Crippen LogP contribution in [0.25, 0.3) is 0 Å². The number of rotatable bonds is 4. The highest BCUT2D eigenvalue weighted by Crippen LogP contribution is 2.51. The van der Waals surface area contributed by atoms with Crippen molar-refractivity contribution in [2.24, 2.45) is 10.7 Å². The number of hydrogen-bond acceptors (Lipinski definition) is 5. The van der Waals surface area contributed by atoms with Crippen molar-refractivity contribution >= 4 is 17.4 Å². The van der Waals surface area contributed by atoms with Crippen LogP contribution < -0.4 is 11.1 Å². The number of nitrogens with one attached hydrogen (secondary N) is 1. The van der Waals surface area contributed by atoms with E-state index in [-0.39, 0.29) is 16.9 Å². The van der Waals surface area contributed by atoms with E-state index in [2.05, 4.69) is 15.3 Å². The molecule has 1 aromatic heterocycles. The first-order valence-electron chi connectivity index (χ1n) is 8.58. The molecule has 0 aliphatic carbocycles. The van der Waals surface area contributed by atoms with Gasteiger partial charge in [-0.1, -0.05) is 0 Å². The molecule has 0 saturated heterocycles. The number of alkyl halides is 4. The van der Waals surface area contributed by atoms with Crippen LogP contribution in [0.2, 0.25) is 0 Å². The molecule has 0 saturated carbocycles. The summed E-state index contributed by atoms with van der Waals surface area (Å²) in [6, 6.07) is 6.76. The Bertz CT molecular complexity index is 1050. The number of amides is 1. The molecule has 156 valence electrons. The molecule has 3 rings (SSSR count). The molecular weight excluding hydrogens is 409 g/mol. The highest BCUT2D eigenvalue weighted by Gasteiger charge is 2.63. The number of amidine groups is 1. The lowest BCUT2D eigenvalue weighted by atomic mass is 9.79. The van der Waals surface area contributed by atoms with Crippen LogP contribution in [0.3, 0.4) is 0 Å². The zero-order valence-corrected chi connectivity index (χ0v) is 15.2. The van der Waals surface area contributed by atoms with Crippen LogP contribution in [0.5, 0.6) is 0 Å². The van der Waals surface area contributed by atoms with E-state index in [9.17, 15) is 26.7 Å². The fraction of sp³-hybridized carbons (Fsp3) is 0.263. The highest BCUT2D eigenvalue weighted by molar-refractivity contribution is 6.02. The molecule has 30 heavy (non-hydrogen) atoms. The van der Waals surface area contributed by atoms with E-state index in [1.807, 2.05) is 6.07 Å². The van der Waals surface area contributed by atoms with E-state index in [4.69, 9.17) is 11.0 Å². The molecule has 0 fully saturated rings. The average molecular weight is 423 g/mol. The largest absolute Gasteiger partial charge is 0.387 e. The summed E-state index contributed by atoms with van der Waals surface area (Å²) in [6.45, 7) is 0. The summed E-state index contributed by atoms with van der Waals surface area (Å²) in [4.78, 5) is 19.3. The second-order valence-electron chi connectivity index (χ2n) is 6.57. The minimum atomic E-state index is -4.08. The van der Waals surface area contributed by atoms with E-state index < -0.39 is 53.9 Å². The van der Waals surface area contributed by atoms with Gasteiger partial charge in [0.2, 0.25) is 5.54 Å². The van der Waals surface area contributed by atoms with Gasteiger partial charge in [-0.2, -0.15) is 5.26 Å². The standard InChI is InChI=1S/C19H14F5N5O/c20-13-3-2-11(28-16(30)14-4-1-10(8-25)9-27-14)7-12(13)19(17(21)22)18(23,24)6-5-15(26)29-19/h1-4,7,9,17H,5-6H2,(H2,26,29)(H,28,30). The van der Waals surface area contributed by atoms with Crippen LogP contribution in [-0.2, 0) is 5.54 Å². The Morgan fingerprint density at radius 3 is 2.60 bits per heavy atom. The highest BCUT2D eigenvalue weighted by atomic mass is 19.3. The molecule has 1 aliphatic rings. The third kappa shape index (κ3) is 3.56. The molecule has 2 aromatic rings. The third-order valence-electron chi connectivity index (χ3n) is 4.65. The number of halogens is 5. The van der Waals surface area contributed by atoms with Crippen LogP contribution in [0.4, 0.5) is 27.6 Å². The molecule has 0 bridgehead atoms. The minimum Gasteiger partial charge on any atom is -0.387 e. The van der Waals surface area contributed by atoms with Crippen LogP contribution in [0.1, 0.15) is 34.5 Å². The van der Waals surface area contributed by atoms with Gasteiger partial charge < -0.3 is 11.1 Å². The van der Waals surface area contributed by atoms with E-state index in [0.29, 0.717) is 12.1 Å². The molecule has 6 nitrogen and oxygen atoms in total. The number of nitriles is 1. The van der Waals surface area contributed by atoms with Gasteiger partial charge in [0.05, 0.1) is 11.4 Å². The minimum absolute atomic E-state index is 0.131. The van der Waals surface area contributed by atoms with Crippen molar-refractivity contribution in [3.63, 3.8) is 0 Å². The molecular formula is C19H14F5N5O. The second kappa shape index (κ2) is 7.70. The summed E-state index contributed by atoms with van der Waals surface area (Å²) in [7, 11) is 0. The Balaban J connectivity index is 2.03. The van der Waals surface area contributed by atoms with Crippen molar-refractivity contribution in [3.8, 4) is 6.07 Å². The maximum absolute atomic E-state index is 14.6. The number of benzene rings is 1. The molecule has 1 aromatic carbocycles. The fourth-order valence-corrected chi connectivity index (χ4v) is 3.11. The topological polar surface area (TPSA) is 104 Å². The molecule has 11 heteroatoms. The number of nitrogens with zero attached hydrogens (tertiary/aromatic N) is 3. The predicted octanol–water partition coefficient (Wildman–Crippen LogP) is 3.59. The van der Waals surface area contributed by atoms with E-state index >= 15 is 0 Å². The van der Waals surface area contributed by atoms with E-state index in [1.54, 1.807) is 0 Å². The summed E-state index contributed by atoms with van der Waals surface area (Å²) in [6.07, 6.45) is -4.08. The first-order valence-corrected chi connectivity index (χ1v) is 8.58. The zero-order chi connectivity index (χ0) is 22.1. The number of aliphatic imine (C=N–C) groups is 1. The van der Waals surface area contributed by atoms with Gasteiger partial charge in [-0.3, -0.25) is 4.79 Å². The van der Waals surface area contributed by atoms with Gasteiger partial charge in [0, 0.05) is 30.3 Å². The molecule has 3 N–H and O–H groups in total. The molecule has 0 spiro atoms. The molecule has 0 radical (unpaired) electrons. The van der Waals surface area contributed by atoms with Crippen LogP contribution >= 0.6 is 0 Å². The lowest BCUT2D eigenvalue weighted by molar-refractivity contribution is -0.145. The summed E-state index contributed by atoms with van der Waals surface area (Å²) in [5.41, 5.74) is 0.670. The number of anilines is 1. The molecule has 2 heterocycles. The molecule has 1 atom stereocenters. The number of pyridine rings is 1. The van der Waals surface area contributed by atoms with Gasteiger partial charge in [0.25, 0.3) is 18.3 Å². The first kappa shape index (κ1) is 21.2. The Morgan fingerprint density at radius 1 is 1.27 bits per heavy atom. The van der Waals surface area contributed by atoms with Gasteiger partial charge >= 0.3 is 0 Å². The number of carbonyl (C=O) groups excluding carboxylic acids is 1. The molecule has 1 unspecified atom stereocenters. The van der Waals surface area contributed by atoms with Crippen LogP contribution in [0.15, 0.2) is 41.5 Å². The Hall–Kier alpha value is -3.55.